The average Bonchev–Trinajstić information content (AvgIpc) is 2.54. The van der Waals surface area contributed by atoms with Crippen LogP contribution in [0.15, 0.2) is 77.3 Å². The number of hydrogen-bond acceptors (Lipinski definition) is 1. The van der Waals surface area contributed by atoms with E-state index in [9.17, 15) is 0 Å². The first-order chi connectivity index (χ1) is 11.4. The fourth-order valence-electron chi connectivity index (χ4n) is 2.91. The maximum Gasteiger partial charge on any atom is 0.131 e. The lowest BCUT2D eigenvalue weighted by atomic mass is 9.81. The van der Waals surface area contributed by atoms with Crippen molar-refractivity contribution in [3.8, 4) is 22.6 Å². The molecule has 0 N–H and O–H groups in total. The molecule has 0 aromatic heterocycles. The van der Waals surface area contributed by atoms with Crippen LogP contribution in [0.25, 0.3) is 11.1 Å². The molecule has 3 rings (SSSR count). The summed E-state index contributed by atoms with van der Waals surface area (Å²) < 4.78 is 7.26. The Hall–Kier alpha value is -1.84. The van der Waals surface area contributed by atoms with E-state index in [-0.39, 0.29) is 16.4 Å². The number of rotatable bonds is 3. The van der Waals surface area contributed by atoms with Crippen LogP contribution in [0.3, 0.4) is 0 Å². The van der Waals surface area contributed by atoms with Crippen molar-refractivity contribution in [3.63, 3.8) is 0 Å². The molecule has 3 aromatic rings. The van der Waals surface area contributed by atoms with Gasteiger partial charge in [-0.05, 0) is 51.8 Å². The van der Waals surface area contributed by atoms with Crippen molar-refractivity contribution in [2.45, 2.75) is 26.2 Å². The number of ether oxygens (including phenoxy) is 1. The normalized spacial score (nSPS) is 10.9. The minimum atomic E-state index is -0.0339. The molecule has 25 heavy (non-hydrogen) atoms. The van der Waals surface area contributed by atoms with E-state index < -0.39 is 0 Å². The third-order valence-corrected chi connectivity index (χ3v) is 4.38. The molecule has 0 fully saturated rings. The standard InChI is InChI=1S/C22H21BrO.H4Si/c1-22(2,3)21-19(16-9-5-4-6-10-16)13-8-14-20(21)24-18-12-7-11-17(23)15-18;/h4-15H,1-3H3;1H4. The zero-order chi connectivity index (χ0) is 17.2. The molecule has 0 aliphatic carbocycles. The summed E-state index contributed by atoms with van der Waals surface area (Å²) >= 11 is 3.50. The molecular formula is C22H25BrOSi. The molecule has 3 heteroatoms. The first-order valence-corrected chi connectivity index (χ1v) is 8.87. The zero-order valence-corrected chi connectivity index (χ0v) is 15.8. The topological polar surface area (TPSA) is 9.23 Å². The van der Waals surface area contributed by atoms with Crippen molar-refractivity contribution in [3.05, 3.63) is 82.8 Å². The molecule has 0 saturated carbocycles. The molecule has 0 aliphatic heterocycles. The van der Waals surface area contributed by atoms with Crippen molar-refractivity contribution in [1.29, 1.82) is 0 Å². The van der Waals surface area contributed by atoms with E-state index in [1.165, 1.54) is 16.7 Å². The second kappa shape index (κ2) is 8.02. The van der Waals surface area contributed by atoms with E-state index in [0.29, 0.717) is 0 Å². The summed E-state index contributed by atoms with van der Waals surface area (Å²) in [6.07, 6.45) is 0. The highest BCUT2D eigenvalue weighted by molar-refractivity contribution is 9.10. The van der Waals surface area contributed by atoms with Crippen LogP contribution in [0.2, 0.25) is 0 Å². The Morgan fingerprint density at radius 3 is 2.12 bits per heavy atom. The molecule has 0 unspecified atom stereocenters. The summed E-state index contributed by atoms with van der Waals surface area (Å²) in [6.45, 7) is 6.67. The predicted octanol–water partition coefficient (Wildman–Crippen LogP) is 5.75. The summed E-state index contributed by atoms with van der Waals surface area (Å²) in [5.41, 5.74) is 3.61. The highest BCUT2D eigenvalue weighted by Gasteiger charge is 2.24. The first kappa shape index (κ1) is 19.5. The van der Waals surface area contributed by atoms with Crippen molar-refractivity contribution < 1.29 is 4.74 Å². The van der Waals surface area contributed by atoms with Gasteiger partial charge in [0.05, 0.1) is 0 Å². The summed E-state index contributed by atoms with van der Waals surface area (Å²) in [4.78, 5) is 0. The van der Waals surface area contributed by atoms with Crippen LogP contribution in [-0.4, -0.2) is 11.0 Å². The van der Waals surface area contributed by atoms with E-state index >= 15 is 0 Å². The van der Waals surface area contributed by atoms with E-state index in [0.717, 1.165) is 16.0 Å². The van der Waals surface area contributed by atoms with Gasteiger partial charge >= 0.3 is 0 Å². The predicted molar refractivity (Wildman–Crippen MR) is 116 cm³/mol. The van der Waals surface area contributed by atoms with Gasteiger partial charge in [0.1, 0.15) is 11.5 Å². The molecule has 0 saturated heterocycles. The average molecular weight is 413 g/mol. The minimum Gasteiger partial charge on any atom is -0.457 e. The summed E-state index contributed by atoms with van der Waals surface area (Å²) in [5.74, 6) is 1.74. The monoisotopic (exact) mass is 412 g/mol. The third kappa shape index (κ3) is 4.62. The quantitative estimate of drug-likeness (QED) is 0.497. The maximum atomic E-state index is 6.25. The van der Waals surface area contributed by atoms with Crippen LogP contribution < -0.4 is 4.74 Å². The van der Waals surface area contributed by atoms with Gasteiger partial charge in [0.15, 0.2) is 0 Å². The highest BCUT2D eigenvalue weighted by atomic mass is 79.9. The highest BCUT2D eigenvalue weighted by Crippen LogP contribution is 2.41. The maximum absolute atomic E-state index is 6.25. The van der Waals surface area contributed by atoms with Gasteiger partial charge in [0, 0.05) is 10.0 Å². The molecule has 130 valence electrons. The Morgan fingerprint density at radius 1 is 0.800 bits per heavy atom. The van der Waals surface area contributed by atoms with E-state index in [1.54, 1.807) is 0 Å². The smallest absolute Gasteiger partial charge is 0.131 e. The van der Waals surface area contributed by atoms with Crippen LogP contribution in [-0.2, 0) is 5.41 Å². The molecule has 3 aromatic carbocycles. The molecular weight excluding hydrogens is 388 g/mol. The summed E-state index contributed by atoms with van der Waals surface area (Å²) in [6, 6.07) is 24.7. The molecule has 1 nitrogen and oxygen atoms in total. The van der Waals surface area contributed by atoms with Gasteiger partial charge in [-0.25, -0.2) is 0 Å². The second-order valence-electron chi connectivity index (χ2n) is 6.85. The number of benzene rings is 3. The Balaban J connectivity index is 0.00000225. The van der Waals surface area contributed by atoms with Gasteiger partial charge in [-0.1, -0.05) is 85.2 Å². The molecule has 0 atom stereocenters. The number of halogens is 1. The van der Waals surface area contributed by atoms with Gasteiger partial charge in [-0.2, -0.15) is 0 Å². The Bertz CT molecular complexity index is 838. The van der Waals surface area contributed by atoms with Gasteiger partial charge < -0.3 is 4.74 Å². The van der Waals surface area contributed by atoms with Crippen molar-refractivity contribution in [1.82, 2.24) is 0 Å². The Kier molecular flexibility index (Phi) is 6.25. The van der Waals surface area contributed by atoms with Gasteiger partial charge in [0.25, 0.3) is 0 Å². The lowest BCUT2D eigenvalue weighted by Gasteiger charge is -2.26. The first-order valence-electron chi connectivity index (χ1n) is 8.07. The van der Waals surface area contributed by atoms with Crippen LogP contribution in [0.5, 0.6) is 11.5 Å². The molecule has 0 bridgehead atoms. The van der Waals surface area contributed by atoms with Gasteiger partial charge in [0.2, 0.25) is 0 Å². The lowest BCUT2D eigenvalue weighted by Crippen LogP contribution is -2.14. The van der Waals surface area contributed by atoms with Crippen molar-refractivity contribution in [2.24, 2.45) is 0 Å². The summed E-state index contributed by atoms with van der Waals surface area (Å²) in [5, 5.41) is 0. The van der Waals surface area contributed by atoms with Crippen LogP contribution in [0, 0.1) is 0 Å². The van der Waals surface area contributed by atoms with Crippen LogP contribution in [0.4, 0.5) is 0 Å². The Labute approximate surface area is 163 Å². The largest absolute Gasteiger partial charge is 0.457 e. The van der Waals surface area contributed by atoms with E-state index in [4.69, 9.17) is 4.74 Å². The molecule has 0 aliphatic rings. The zero-order valence-electron chi connectivity index (χ0n) is 14.2. The fraction of sp³-hybridized carbons (Fsp3) is 0.182. The molecule has 0 radical (unpaired) electrons. The molecule has 0 spiro atoms. The van der Waals surface area contributed by atoms with Crippen molar-refractivity contribution >= 4 is 26.9 Å². The summed E-state index contributed by atoms with van der Waals surface area (Å²) in [7, 11) is 0. The van der Waals surface area contributed by atoms with Gasteiger partial charge in [-0.3, -0.25) is 0 Å². The molecule has 0 amide bonds. The third-order valence-electron chi connectivity index (χ3n) is 3.88. The molecule has 0 heterocycles. The Morgan fingerprint density at radius 2 is 1.48 bits per heavy atom. The second-order valence-corrected chi connectivity index (χ2v) is 7.77. The van der Waals surface area contributed by atoms with Crippen molar-refractivity contribution in [2.75, 3.05) is 0 Å². The fourth-order valence-corrected chi connectivity index (χ4v) is 3.28. The van der Waals surface area contributed by atoms with Gasteiger partial charge in [-0.15, -0.1) is 0 Å². The van der Waals surface area contributed by atoms with E-state index in [1.807, 2.05) is 36.4 Å². The van der Waals surface area contributed by atoms with E-state index in [2.05, 4.69) is 73.1 Å². The lowest BCUT2D eigenvalue weighted by molar-refractivity contribution is 0.456. The minimum absolute atomic E-state index is 0. The number of hydrogen-bond donors (Lipinski definition) is 0. The van der Waals surface area contributed by atoms with Crippen LogP contribution in [0.1, 0.15) is 26.3 Å². The van der Waals surface area contributed by atoms with Crippen LogP contribution >= 0.6 is 15.9 Å². The SMILES string of the molecule is CC(C)(C)c1c(Oc2cccc(Br)c2)cccc1-c1ccccc1.[SiH4].